The summed E-state index contributed by atoms with van der Waals surface area (Å²) in [5.41, 5.74) is 4.45. The van der Waals surface area contributed by atoms with Gasteiger partial charge in [0.15, 0.2) is 5.76 Å². The number of fused-ring (bicyclic) bond motifs is 1. The van der Waals surface area contributed by atoms with Crippen molar-refractivity contribution in [1.29, 1.82) is 0 Å². The summed E-state index contributed by atoms with van der Waals surface area (Å²) in [6.07, 6.45) is 1.17. The number of para-hydroxylation sites is 1. The second-order valence-electron chi connectivity index (χ2n) is 6.33. The van der Waals surface area contributed by atoms with Crippen LogP contribution in [0.5, 0.6) is 0 Å². The molecule has 0 fully saturated rings. The Morgan fingerprint density at radius 1 is 1.13 bits per heavy atom. The van der Waals surface area contributed by atoms with Crippen LogP contribution < -0.4 is 5.43 Å². The minimum Gasteiger partial charge on any atom is -0.400 e. The van der Waals surface area contributed by atoms with Crippen LogP contribution in [0.3, 0.4) is 0 Å². The molecule has 1 N–H and O–H groups in total. The van der Waals surface area contributed by atoms with Crippen molar-refractivity contribution in [3.8, 4) is 11.3 Å². The summed E-state index contributed by atoms with van der Waals surface area (Å²) >= 11 is 12.3. The molecule has 0 saturated heterocycles. The fraction of sp³-hybridized carbons (Fsp3) is 0. The largest absolute Gasteiger partial charge is 0.433 e. The Labute approximate surface area is 185 Å². The molecule has 4 rings (SSSR count). The molecule has 0 saturated carbocycles. The lowest BCUT2D eigenvalue weighted by Crippen LogP contribution is -2.18. The number of nitrogens with zero attached hydrogens (tertiary/aromatic N) is 3. The lowest BCUT2D eigenvalue weighted by Gasteiger charge is -2.10. The smallest absolute Gasteiger partial charge is 0.400 e. The molecular formula is C21H12Cl2N4O4. The zero-order valence-corrected chi connectivity index (χ0v) is 17.1. The van der Waals surface area contributed by atoms with E-state index in [0.717, 1.165) is 0 Å². The number of benzene rings is 2. The first kappa shape index (κ1) is 20.5. The van der Waals surface area contributed by atoms with Crippen molar-refractivity contribution in [3.63, 3.8) is 0 Å². The lowest BCUT2D eigenvalue weighted by molar-refractivity contribution is -0.402. The van der Waals surface area contributed by atoms with Crippen molar-refractivity contribution >= 4 is 52.1 Å². The molecule has 10 heteroatoms. The van der Waals surface area contributed by atoms with Crippen LogP contribution in [0.15, 0.2) is 70.2 Å². The standard InChI is InChI=1S/C21H12Cl2N4O4/c22-12-5-7-15(17(23)9-12)19-10-16(14-3-1-2-4-18(14)25-19)21(28)26-24-11-13-6-8-20(31-13)27(29)30/h1-11H,(H,26,28). The molecule has 0 atom stereocenters. The fourth-order valence-corrected chi connectivity index (χ4v) is 3.43. The van der Waals surface area contributed by atoms with Crippen molar-refractivity contribution in [2.24, 2.45) is 5.10 Å². The SMILES string of the molecule is O=C(NN=Cc1ccc([N+](=O)[O-])o1)c1cc(-c2ccc(Cl)cc2Cl)nc2ccccc12. The zero-order valence-electron chi connectivity index (χ0n) is 15.6. The summed E-state index contributed by atoms with van der Waals surface area (Å²) in [7, 11) is 0. The average Bonchev–Trinajstić information content (AvgIpc) is 3.22. The molecule has 0 bridgehead atoms. The lowest BCUT2D eigenvalue weighted by atomic mass is 10.0. The van der Waals surface area contributed by atoms with Crippen LogP contribution in [0, 0.1) is 10.1 Å². The summed E-state index contributed by atoms with van der Waals surface area (Å²) in [4.78, 5) is 27.4. The first-order valence-corrected chi connectivity index (χ1v) is 9.61. The van der Waals surface area contributed by atoms with Crippen molar-refractivity contribution in [2.45, 2.75) is 0 Å². The topological polar surface area (TPSA) is 111 Å². The number of nitrogens with one attached hydrogen (secondary N) is 1. The Balaban J connectivity index is 1.67. The van der Waals surface area contributed by atoms with Crippen molar-refractivity contribution in [3.05, 3.63) is 92.1 Å². The third-order valence-corrected chi connectivity index (χ3v) is 4.87. The van der Waals surface area contributed by atoms with E-state index in [1.807, 2.05) is 6.07 Å². The third kappa shape index (κ3) is 4.40. The van der Waals surface area contributed by atoms with Crippen LogP contribution in [-0.4, -0.2) is 22.0 Å². The van der Waals surface area contributed by atoms with Crippen LogP contribution in [0.1, 0.15) is 16.1 Å². The Bertz CT molecular complexity index is 1350. The quantitative estimate of drug-likeness (QED) is 0.244. The Morgan fingerprint density at radius 3 is 2.68 bits per heavy atom. The van der Waals surface area contributed by atoms with Crippen molar-refractivity contribution < 1.29 is 14.1 Å². The van der Waals surface area contributed by atoms with E-state index in [9.17, 15) is 14.9 Å². The van der Waals surface area contributed by atoms with Gasteiger partial charge in [0.25, 0.3) is 5.91 Å². The van der Waals surface area contributed by atoms with E-state index in [1.54, 1.807) is 42.5 Å². The molecule has 4 aromatic rings. The van der Waals surface area contributed by atoms with Gasteiger partial charge in [0, 0.05) is 16.0 Å². The van der Waals surface area contributed by atoms with Crippen LogP contribution in [0.4, 0.5) is 5.88 Å². The van der Waals surface area contributed by atoms with E-state index in [1.165, 1.54) is 18.3 Å². The summed E-state index contributed by atoms with van der Waals surface area (Å²) < 4.78 is 4.97. The number of hydrogen-bond donors (Lipinski definition) is 1. The number of hydrazone groups is 1. The van der Waals surface area contributed by atoms with Gasteiger partial charge in [-0.1, -0.05) is 41.4 Å². The molecule has 0 aliphatic heterocycles. The monoisotopic (exact) mass is 454 g/mol. The van der Waals surface area contributed by atoms with Crippen LogP contribution >= 0.6 is 23.2 Å². The van der Waals surface area contributed by atoms with E-state index in [-0.39, 0.29) is 5.76 Å². The normalized spacial score (nSPS) is 11.2. The first-order valence-electron chi connectivity index (χ1n) is 8.85. The number of pyridine rings is 1. The molecule has 154 valence electrons. The summed E-state index contributed by atoms with van der Waals surface area (Å²) in [6.45, 7) is 0. The van der Waals surface area contributed by atoms with Gasteiger partial charge in [0.05, 0.1) is 34.1 Å². The first-order chi connectivity index (χ1) is 14.9. The van der Waals surface area contributed by atoms with Crippen LogP contribution in [0.25, 0.3) is 22.2 Å². The highest BCUT2D eigenvalue weighted by molar-refractivity contribution is 6.36. The van der Waals surface area contributed by atoms with Gasteiger partial charge in [-0.2, -0.15) is 5.10 Å². The number of aromatic nitrogens is 1. The maximum atomic E-state index is 12.8. The molecule has 2 heterocycles. The number of carbonyl (C=O) groups is 1. The van der Waals surface area contributed by atoms with E-state index < -0.39 is 16.7 Å². The minimum atomic E-state index is -0.664. The van der Waals surface area contributed by atoms with E-state index in [4.69, 9.17) is 27.6 Å². The highest BCUT2D eigenvalue weighted by atomic mass is 35.5. The minimum absolute atomic E-state index is 0.125. The van der Waals surface area contributed by atoms with Crippen LogP contribution in [0.2, 0.25) is 10.0 Å². The zero-order chi connectivity index (χ0) is 22.0. The molecule has 31 heavy (non-hydrogen) atoms. The molecule has 0 aliphatic rings. The third-order valence-electron chi connectivity index (χ3n) is 4.32. The van der Waals surface area contributed by atoms with E-state index in [2.05, 4.69) is 15.5 Å². The Morgan fingerprint density at radius 2 is 1.94 bits per heavy atom. The van der Waals surface area contributed by atoms with Gasteiger partial charge in [-0.05, 0) is 36.4 Å². The average molecular weight is 455 g/mol. The van der Waals surface area contributed by atoms with E-state index >= 15 is 0 Å². The molecule has 0 unspecified atom stereocenters. The van der Waals surface area contributed by atoms with Crippen molar-refractivity contribution in [1.82, 2.24) is 10.4 Å². The predicted molar refractivity (Wildman–Crippen MR) is 118 cm³/mol. The fourth-order valence-electron chi connectivity index (χ4n) is 2.92. The summed E-state index contributed by atoms with van der Waals surface area (Å²) in [5.74, 6) is -0.792. The highest BCUT2D eigenvalue weighted by Crippen LogP contribution is 2.31. The van der Waals surface area contributed by atoms with Gasteiger partial charge < -0.3 is 4.42 Å². The maximum absolute atomic E-state index is 12.8. The number of hydrogen-bond acceptors (Lipinski definition) is 6. The van der Waals surface area contributed by atoms with Gasteiger partial charge in [-0.25, -0.2) is 10.4 Å². The highest BCUT2D eigenvalue weighted by Gasteiger charge is 2.15. The number of carbonyl (C=O) groups excluding carboxylic acids is 1. The van der Waals surface area contributed by atoms with Crippen LogP contribution in [-0.2, 0) is 0 Å². The molecule has 2 aromatic heterocycles. The number of amides is 1. The Hall–Kier alpha value is -3.75. The second-order valence-corrected chi connectivity index (χ2v) is 7.17. The number of nitro groups is 1. The molecule has 0 aliphatic carbocycles. The Kier molecular flexibility index (Phi) is 5.66. The molecule has 2 aromatic carbocycles. The van der Waals surface area contributed by atoms with E-state index in [0.29, 0.717) is 37.8 Å². The predicted octanol–water partition coefficient (Wildman–Crippen LogP) is 5.47. The van der Waals surface area contributed by atoms with Gasteiger partial charge in [-0.15, -0.1) is 0 Å². The molecule has 1 amide bonds. The summed E-state index contributed by atoms with van der Waals surface area (Å²) in [5, 5.41) is 16.0. The van der Waals surface area contributed by atoms with Gasteiger partial charge in [-0.3, -0.25) is 14.9 Å². The maximum Gasteiger partial charge on any atom is 0.433 e. The summed E-state index contributed by atoms with van der Waals surface area (Å²) in [6, 6.07) is 16.3. The van der Waals surface area contributed by atoms with Gasteiger partial charge in [0.1, 0.15) is 4.92 Å². The van der Waals surface area contributed by atoms with Gasteiger partial charge >= 0.3 is 5.88 Å². The van der Waals surface area contributed by atoms with Crippen molar-refractivity contribution in [2.75, 3.05) is 0 Å². The second kappa shape index (κ2) is 8.55. The molecular weight excluding hydrogens is 443 g/mol. The number of furan rings is 1. The molecule has 0 radical (unpaired) electrons. The van der Waals surface area contributed by atoms with Gasteiger partial charge in [0.2, 0.25) is 0 Å². The number of rotatable bonds is 5. The number of halogens is 2. The molecule has 0 spiro atoms. The molecule has 8 nitrogen and oxygen atoms in total.